The molecule has 1 aromatic rings. The number of hydrogen-bond donors (Lipinski definition) is 1. The lowest BCUT2D eigenvalue weighted by molar-refractivity contribution is 0.0696. The van der Waals surface area contributed by atoms with E-state index < -0.39 is 12.4 Å². The second-order valence-corrected chi connectivity index (χ2v) is 3.19. The van der Waals surface area contributed by atoms with Gasteiger partial charge in [-0.15, -0.1) is 0 Å². The highest BCUT2D eigenvalue weighted by Crippen LogP contribution is 2.10. The van der Waals surface area contributed by atoms with Crippen LogP contribution in [-0.2, 0) is 6.54 Å². The molecule has 0 fully saturated rings. The molecule has 1 aromatic heterocycles. The zero-order chi connectivity index (χ0) is 11.4. The molecule has 4 nitrogen and oxygen atoms in total. The van der Waals surface area contributed by atoms with E-state index in [9.17, 15) is 13.6 Å². The van der Waals surface area contributed by atoms with Crippen molar-refractivity contribution in [2.45, 2.75) is 13.0 Å². The van der Waals surface area contributed by atoms with Crippen LogP contribution < -0.4 is 0 Å². The normalized spacial score (nSPS) is 11.3. The molecule has 0 aliphatic carbocycles. The molecule has 0 saturated carbocycles. The van der Waals surface area contributed by atoms with Crippen molar-refractivity contribution in [3.8, 4) is 0 Å². The molecule has 0 aromatic carbocycles. The fourth-order valence-corrected chi connectivity index (χ4v) is 1.14. The van der Waals surface area contributed by atoms with Gasteiger partial charge in [-0.2, -0.15) is 0 Å². The highest BCUT2D eigenvalue weighted by molar-refractivity contribution is 5.87. The van der Waals surface area contributed by atoms with E-state index in [-0.39, 0.29) is 18.7 Å². The van der Waals surface area contributed by atoms with Gasteiger partial charge in [-0.3, -0.25) is 4.90 Å². The van der Waals surface area contributed by atoms with Crippen LogP contribution in [-0.4, -0.2) is 36.0 Å². The molecule has 1 heterocycles. The summed E-state index contributed by atoms with van der Waals surface area (Å²) in [6.07, 6.45) is -1.32. The van der Waals surface area contributed by atoms with Gasteiger partial charge in [-0.25, -0.2) is 13.6 Å². The molecule has 1 N–H and O–H groups in total. The maximum absolute atomic E-state index is 12.0. The minimum atomic E-state index is -2.41. The fraction of sp³-hybridized carbons (Fsp3) is 0.444. The maximum atomic E-state index is 12.0. The van der Waals surface area contributed by atoms with E-state index in [1.54, 1.807) is 0 Å². The largest absolute Gasteiger partial charge is 0.478 e. The van der Waals surface area contributed by atoms with Crippen LogP contribution >= 0.6 is 0 Å². The molecule has 0 aliphatic heterocycles. The molecule has 0 bridgehead atoms. The number of hydrogen-bond acceptors (Lipinski definition) is 3. The van der Waals surface area contributed by atoms with Crippen LogP contribution in [0.25, 0.3) is 0 Å². The number of aromatic carboxylic acids is 1. The third-order valence-corrected chi connectivity index (χ3v) is 1.78. The smallest absolute Gasteiger partial charge is 0.338 e. The molecule has 6 heteroatoms. The monoisotopic (exact) mass is 219 g/mol. The Balaban J connectivity index is 2.53. The molecule has 0 aliphatic rings. The number of halogens is 2. The van der Waals surface area contributed by atoms with Gasteiger partial charge in [0.05, 0.1) is 18.7 Å². The number of carboxylic acids is 1. The standard InChI is InChI=1S/C9H11F2NO3/c1-12(4-8(10)11)3-7-2-6(5-15-7)9(13)14/h2,5,8H,3-4H2,1H3,(H,13,14). The SMILES string of the molecule is CN(Cc1cc(C(=O)O)co1)CC(F)F. The van der Waals surface area contributed by atoms with Crippen LogP contribution in [0, 0.1) is 0 Å². The summed E-state index contributed by atoms with van der Waals surface area (Å²) < 4.78 is 28.8. The van der Waals surface area contributed by atoms with Gasteiger partial charge in [0.25, 0.3) is 6.43 Å². The second-order valence-electron chi connectivity index (χ2n) is 3.19. The van der Waals surface area contributed by atoms with Crippen LogP contribution in [0.3, 0.4) is 0 Å². The fourth-order valence-electron chi connectivity index (χ4n) is 1.14. The third kappa shape index (κ3) is 3.67. The molecular weight excluding hydrogens is 208 g/mol. The van der Waals surface area contributed by atoms with E-state index in [4.69, 9.17) is 9.52 Å². The van der Waals surface area contributed by atoms with Gasteiger partial charge < -0.3 is 9.52 Å². The van der Waals surface area contributed by atoms with Crippen LogP contribution in [0.2, 0.25) is 0 Å². The Kier molecular flexibility index (Phi) is 3.79. The summed E-state index contributed by atoms with van der Waals surface area (Å²) in [7, 11) is 1.51. The zero-order valence-electron chi connectivity index (χ0n) is 8.11. The number of nitrogens with zero attached hydrogens (tertiary/aromatic N) is 1. The van der Waals surface area contributed by atoms with Crippen molar-refractivity contribution in [2.24, 2.45) is 0 Å². The van der Waals surface area contributed by atoms with Crippen molar-refractivity contribution >= 4 is 5.97 Å². The average molecular weight is 219 g/mol. The van der Waals surface area contributed by atoms with Gasteiger partial charge in [0.1, 0.15) is 12.0 Å². The Morgan fingerprint density at radius 3 is 2.80 bits per heavy atom. The Hall–Kier alpha value is -1.43. The summed E-state index contributed by atoms with van der Waals surface area (Å²) >= 11 is 0. The minimum Gasteiger partial charge on any atom is -0.478 e. The van der Waals surface area contributed by atoms with Crippen molar-refractivity contribution in [1.82, 2.24) is 4.90 Å². The number of carboxylic acid groups (broad SMARTS) is 1. The van der Waals surface area contributed by atoms with Crippen molar-refractivity contribution in [3.63, 3.8) is 0 Å². The summed E-state index contributed by atoms with van der Waals surface area (Å²) in [6.45, 7) is -0.208. The van der Waals surface area contributed by atoms with Crippen molar-refractivity contribution in [2.75, 3.05) is 13.6 Å². The van der Waals surface area contributed by atoms with Crippen molar-refractivity contribution in [1.29, 1.82) is 0 Å². The predicted octanol–water partition coefficient (Wildman–Crippen LogP) is 1.67. The van der Waals surface area contributed by atoms with E-state index >= 15 is 0 Å². The Labute approximate surface area is 85.1 Å². The summed E-state index contributed by atoms with van der Waals surface area (Å²) in [4.78, 5) is 11.8. The number of alkyl halides is 2. The highest BCUT2D eigenvalue weighted by atomic mass is 19.3. The molecule has 0 amide bonds. The van der Waals surface area contributed by atoms with E-state index in [1.165, 1.54) is 18.0 Å². The van der Waals surface area contributed by atoms with Gasteiger partial charge in [0.2, 0.25) is 0 Å². The number of carbonyl (C=O) groups is 1. The molecule has 0 unspecified atom stereocenters. The molecule has 0 spiro atoms. The van der Waals surface area contributed by atoms with Crippen LogP contribution in [0.4, 0.5) is 8.78 Å². The van der Waals surface area contributed by atoms with Gasteiger partial charge in [-0.05, 0) is 13.1 Å². The first kappa shape index (κ1) is 11.6. The van der Waals surface area contributed by atoms with E-state index in [0.29, 0.717) is 5.76 Å². The summed E-state index contributed by atoms with van der Waals surface area (Å²) in [5.41, 5.74) is 0.0236. The zero-order valence-corrected chi connectivity index (χ0v) is 8.11. The lowest BCUT2D eigenvalue weighted by atomic mass is 10.3. The van der Waals surface area contributed by atoms with Gasteiger partial charge >= 0.3 is 5.97 Å². The molecule has 0 saturated heterocycles. The number of rotatable bonds is 5. The quantitative estimate of drug-likeness (QED) is 0.818. The highest BCUT2D eigenvalue weighted by Gasteiger charge is 2.12. The summed E-state index contributed by atoms with van der Waals surface area (Å²) in [6, 6.07) is 1.32. The maximum Gasteiger partial charge on any atom is 0.338 e. The Morgan fingerprint density at radius 1 is 1.67 bits per heavy atom. The molecule has 1 rings (SSSR count). The van der Waals surface area contributed by atoms with Crippen LogP contribution in [0.1, 0.15) is 16.1 Å². The predicted molar refractivity (Wildman–Crippen MR) is 48.0 cm³/mol. The molecule has 0 atom stereocenters. The summed E-state index contributed by atoms with van der Waals surface area (Å²) in [5, 5.41) is 8.58. The first-order valence-corrected chi connectivity index (χ1v) is 4.26. The van der Waals surface area contributed by atoms with Gasteiger partial charge in [0, 0.05) is 0 Å². The lowest BCUT2D eigenvalue weighted by Crippen LogP contribution is -2.23. The van der Waals surface area contributed by atoms with E-state index in [1.807, 2.05) is 0 Å². The van der Waals surface area contributed by atoms with Gasteiger partial charge in [0.15, 0.2) is 0 Å². The average Bonchev–Trinajstić information content (AvgIpc) is 2.50. The Bertz CT molecular complexity index is 338. The third-order valence-electron chi connectivity index (χ3n) is 1.78. The molecule has 0 radical (unpaired) electrons. The van der Waals surface area contributed by atoms with Crippen molar-refractivity contribution in [3.05, 3.63) is 23.7 Å². The van der Waals surface area contributed by atoms with Crippen LogP contribution in [0.5, 0.6) is 0 Å². The molecule has 15 heavy (non-hydrogen) atoms. The lowest BCUT2D eigenvalue weighted by Gasteiger charge is -2.13. The summed E-state index contributed by atoms with van der Waals surface area (Å²) in [5.74, 6) is -0.739. The first-order chi connectivity index (χ1) is 6.99. The van der Waals surface area contributed by atoms with Crippen LogP contribution in [0.15, 0.2) is 16.7 Å². The molecule has 84 valence electrons. The van der Waals surface area contributed by atoms with E-state index in [0.717, 1.165) is 6.26 Å². The van der Waals surface area contributed by atoms with Gasteiger partial charge in [-0.1, -0.05) is 0 Å². The number of furan rings is 1. The Morgan fingerprint density at radius 2 is 2.33 bits per heavy atom. The van der Waals surface area contributed by atoms with Crippen molar-refractivity contribution < 1.29 is 23.1 Å². The van der Waals surface area contributed by atoms with E-state index in [2.05, 4.69) is 0 Å². The molecular formula is C9H11F2NO3. The second kappa shape index (κ2) is 4.88. The first-order valence-electron chi connectivity index (χ1n) is 4.26. The topological polar surface area (TPSA) is 53.7 Å². The minimum absolute atomic E-state index is 0.0236.